The third-order valence-electron chi connectivity index (χ3n) is 3.18. The maximum absolute atomic E-state index is 13.7. The molecule has 100 valence electrons. The molecule has 0 bridgehead atoms. The lowest BCUT2D eigenvalue weighted by Crippen LogP contribution is -1.99. The predicted molar refractivity (Wildman–Crippen MR) is 82.4 cm³/mol. The Morgan fingerprint density at radius 2 is 1.63 bits per heavy atom. The summed E-state index contributed by atoms with van der Waals surface area (Å²) in [7, 11) is 0. The molecule has 0 radical (unpaired) electrons. The van der Waals surface area contributed by atoms with E-state index in [1.165, 1.54) is 5.56 Å². The third kappa shape index (κ3) is 3.01. The van der Waals surface area contributed by atoms with E-state index in [0.29, 0.717) is 11.1 Å². The lowest BCUT2D eigenvalue weighted by Gasteiger charge is -2.15. The molecule has 0 amide bonds. The van der Waals surface area contributed by atoms with Crippen LogP contribution in [0.3, 0.4) is 0 Å². The Bertz CT molecular complexity index is 599. The largest absolute Gasteiger partial charge is 0.206 e. The Morgan fingerprint density at radius 1 is 1.05 bits per heavy atom. The van der Waals surface area contributed by atoms with Gasteiger partial charge in [-0.3, -0.25) is 0 Å². The molecular weight excluding hydrogens is 327 g/mol. The molecule has 1 atom stereocenters. The minimum absolute atomic E-state index is 0.157. The first-order valence-corrected chi connectivity index (χ1v) is 7.30. The minimum Gasteiger partial charge on any atom is -0.206 e. The highest BCUT2D eigenvalue weighted by atomic mass is 79.9. The molecule has 2 rings (SSSR count). The van der Waals surface area contributed by atoms with Crippen molar-refractivity contribution in [1.29, 1.82) is 0 Å². The van der Waals surface area contributed by atoms with Gasteiger partial charge >= 0.3 is 0 Å². The molecule has 0 spiro atoms. The van der Waals surface area contributed by atoms with E-state index in [0.717, 1.165) is 15.6 Å². The van der Waals surface area contributed by atoms with Crippen LogP contribution in [-0.2, 0) is 0 Å². The zero-order chi connectivity index (χ0) is 14.2. The summed E-state index contributed by atoms with van der Waals surface area (Å²) >= 11 is 10.1. The Labute approximate surface area is 126 Å². The van der Waals surface area contributed by atoms with Crippen molar-refractivity contribution in [3.05, 3.63) is 68.4 Å². The van der Waals surface area contributed by atoms with Gasteiger partial charge in [0, 0.05) is 4.47 Å². The van der Waals surface area contributed by atoms with Crippen LogP contribution in [-0.4, -0.2) is 0 Å². The normalized spacial score (nSPS) is 12.5. The number of rotatable bonds is 2. The maximum atomic E-state index is 13.7. The van der Waals surface area contributed by atoms with Crippen LogP contribution in [0.15, 0.2) is 34.8 Å². The molecule has 0 saturated heterocycles. The molecule has 0 N–H and O–H groups in total. The minimum atomic E-state index is -0.284. The van der Waals surface area contributed by atoms with Crippen molar-refractivity contribution >= 4 is 27.5 Å². The van der Waals surface area contributed by atoms with Crippen molar-refractivity contribution in [1.82, 2.24) is 0 Å². The molecular formula is C16H15BrClF. The van der Waals surface area contributed by atoms with Crippen molar-refractivity contribution in [2.24, 2.45) is 0 Å². The van der Waals surface area contributed by atoms with Gasteiger partial charge in [0.15, 0.2) is 0 Å². The summed E-state index contributed by atoms with van der Waals surface area (Å²) in [5.74, 6) is -0.157. The van der Waals surface area contributed by atoms with Gasteiger partial charge in [0.25, 0.3) is 0 Å². The quantitative estimate of drug-likeness (QED) is 0.602. The second-order valence-electron chi connectivity index (χ2n) is 4.86. The van der Waals surface area contributed by atoms with Gasteiger partial charge in [0.2, 0.25) is 0 Å². The van der Waals surface area contributed by atoms with Crippen LogP contribution < -0.4 is 0 Å². The first-order chi connectivity index (χ1) is 8.90. The second-order valence-corrected chi connectivity index (χ2v) is 6.15. The molecule has 0 heterocycles. The fourth-order valence-corrected chi connectivity index (χ4v) is 3.31. The molecule has 0 nitrogen and oxygen atoms in total. The zero-order valence-electron chi connectivity index (χ0n) is 11.1. The fraction of sp³-hybridized carbons (Fsp3) is 0.250. The third-order valence-corrected chi connectivity index (χ3v) is 4.35. The topological polar surface area (TPSA) is 0 Å². The monoisotopic (exact) mass is 340 g/mol. The van der Waals surface area contributed by atoms with Gasteiger partial charge in [0.05, 0.1) is 5.38 Å². The molecule has 0 aromatic heterocycles. The Balaban J connectivity index is 2.47. The SMILES string of the molecule is Cc1ccc(C(Cl)c2cc(C)c(F)c(C)c2)c(Br)c1. The zero-order valence-corrected chi connectivity index (χ0v) is 13.4. The summed E-state index contributed by atoms with van der Waals surface area (Å²) in [6.07, 6.45) is 0. The van der Waals surface area contributed by atoms with Gasteiger partial charge in [-0.25, -0.2) is 4.39 Å². The Kier molecular flexibility index (Phi) is 4.32. The van der Waals surface area contributed by atoms with E-state index in [9.17, 15) is 4.39 Å². The first-order valence-electron chi connectivity index (χ1n) is 6.07. The van der Waals surface area contributed by atoms with Crippen molar-refractivity contribution < 1.29 is 4.39 Å². The van der Waals surface area contributed by atoms with E-state index in [2.05, 4.69) is 15.9 Å². The van der Waals surface area contributed by atoms with Crippen molar-refractivity contribution in [3.63, 3.8) is 0 Å². The van der Waals surface area contributed by atoms with Crippen LogP contribution in [0, 0.1) is 26.6 Å². The number of alkyl halides is 1. The lowest BCUT2D eigenvalue weighted by molar-refractivity contribution is 0.608. The summed E-state index contributed by atoms with van der Waals surface area (Å²) in [6.45, 7) is 5.56. The molecule has 0 aliphatic heterocycles. The van der Waals surface area contributed by atoms with E-state index in [4.69, 9.17) is 11.6 Å². The van der Waals surface area contributed by atoms with Crippen molar-refractivity contribution in [3.8, 4) is 0 Å². The van der Waals surface area contributed by atoms with E-state index < -0.39 is 0 Å². The van der Waals surface area contributed by atoms with Crippen LogP contribution in [0.1, 0.15) is 33.2 Å². The van der Waals surface area contributed by atoms with E-state index >= 15 is 0 Å². The van der Waals surface area contributed by atoms with Gasteiger partial charge < -0.3 is 0 Å². The highest BCUT2D eigenvalue weighted by Crippen LogP contribution is 2.35. The van der Waals surface area contributed by atoms with E-state index in [1.54, 1.807) is 13.8 Å². The lowest BCUT2D eigenvalue weighted by atomic mass is 9.99. The number of benzene rings is 2. The second kappa shape index (κ2) is 5.64. The summed E-state index contributed by atoms with van der Waals surface area (Å²) in [5.41, 5.74) is 4.35. The van der Waals surface area contributed by atoms with Crippen LogP contribution in [0.4, 0.5) is 4.39 Å². The van der Waals surface area contributed by atoms with E-state index in [1.807, 2.05) is 37.3 Å². The highest BCUT2D eigenvalue weighted by Gasteiger charge is 2.16. The van der Waals surface area contributed by atoms with E-state index in [-0.39, 0.29) is 11.2 Å². The standard InChI is InChI=1S/C16H15BrClF/c1-9-4-5-13(14(17)6-9)15(18)12-7-10(2)16(19)11(3)8-12/h4-8,15H,1-3H3. The molecule has 0 aliphatic rings. The average molecular weight is 342 g/mol. The highest BCUT2D eigenvalue weighted by molar-refractivity contribution is 9.10. The van der Waals surface area contributed by atoms with Crippen LogP contribution in [0.2, 0.25) is 0 Å². The molecule has 0 fully saturated rings. The molecule has 3 heteroatoms. The van der Waals surface area contributed by atoms with Gasteiger partial charge in [-0.05, 0) is 54.7 Å². The molecule has 0 saturated carbocycles. The summed E-state index contributed by atoms with van der Waals surface area (Å²) in [6, 6.07) is 9.69. The summed E-state index contributed by atoms with van der Waals surface area (Å²) in [5, 5.41) is -0.284. The Hall–Kier alpha value is -0.860. The van der Waals surface area contributed by atoms with Gasteiger partial charge in [-0.1, -0.05) is 40.2 Å². The fourth-order valence-electron chi connectivity index (χ4n) is 2.14. The smallest absolute Gasteiger partial charge is 0.129 e. The van der Waals surface area contributed by atoms with Crippen LogP contribution in [0.25, 0.3) is 0 Å². The van der Waals surface area contributed by atoms with Crippen LogP contribution >= 0.6 is 27.5 Å². The molecule has 0 aliphatic carbocycles. The van der Waals surface area contributed by atoms with Crippen LogP contribution in [0.5, 0.6) is 0 Å². The predicted octanol–water partition coefficient (Wildman–Crippen LogP) is 5.84. The van der Waals surface area contributed by atoms with Crippen molar-refractivity contribution in [2.45, 2.75) is 26.1 Å². The summed E-state index contributed by atoms with van der Waals surface area (Å²) in [4.78, 5) is 0. The maximum Gasteiger partial charge on any atom is 0.129 e. The number of aryl methyl sites for hydroxylation is 3. The average Bonchev–Trinajstić information content (AvgIpc) is 2.34. The summed E-state index contributed by atoms with van der Waals surface area (Å²) < 4.78 is 14.6. The number of halogens is 3. The Morgan fingerprint density at radius 3 is 2.16 bits per heavy atom. The first kappa shape index (κ1) is 14.5. The molecule has 19 heavy (non-hydrogen) atoms. The molecule has 2 aromatic rings. The number of hydrogen-bond donors (Lipinski definition) is 0. The van der Waals surface area contributed by atoms with Crippen molar-refractivity contribution in [2.75, 3.05) is 0 Å². The number of hydrogen-bond acceptors (Lipinski definition) is 0. The van der Waals surface area contributed by atoms with Gasteiger partial charge in [-0.15, -0.1) is 11.6 Å². The van der Waals surface area contributed by atoms with Gasteiger partial charge in [-0.2, -0.15) is 0 Å². The molecule has 1 unspecified atom stereocenters. The molecule has 2 aromatic carbocycles. The van der Waals surface area contributed by atoms with Gasteiger partial charge in [0.1, 0.15) is 5.82 Å².